The predicted molar refractivity (Wildman–Crippen MR) is 72.5 cm³/mol. The number of methoxy groups -OCH3 is 1. The summed E-state index contributed by atoms with van der Waals surface area (Å²) in [6.07, 6.45) is -4.43. The molecule has 124 valence electrons. The molecule has 0 saturated carbocycles. The highest BCUT2D eigenvalue weighted by atomic mass is 19.4. The summed E-state index contributed by atoms with van der Waals surface area (Å²) in [6.45, 7) is -0.947. The molecule has 0 fully saturated rings. The van der Waals surface area contributed by atoms with Crippen LogP contribution in [0, 0.1) is 0 Å². The van der Waals surface area contributed by atoms with E-state index in [2.05, 4.69) is 10.1 Å². The summed E-state index contributed by atoms with van der Waals surface area (Å²) in [4.78, 5) is 11.3. The number of nitrogens with one attached hydrogen (secondary N) is 1. The molecule has 0 bridgehead atoms. The van der Waals surface area contributed by atoms with Crippen molar-refractivity contribution in [3.05, 3.63) is 29.8 Å². The van der Waals surface area contributed by atoms with Gasteiger partial charge >= 0.3 is 6.18 Å². The first-order valence-corrected chi connectivity index (χ1v) is 6.52. The molecule has 1 amide bonds. The van der Waals surface area contributed by atoms with Gasteiger partial charge < -0.3 is 19.5 Å². The van der Waals surface area contributed by atoms with E-state index in [1.165, 1.54) is 0 Å². The fourth-order valence-electron chi connectivity index (χ4n) is 1.46. The van der Waals surface area contributed by atoms with Crippen LogP contribution in [0.1, 0.15) is 5.56 Å². The lowest BCUT2D eigenvalue weighted by Crippen LogP contribution is -2.29. The number of rotatable bonds is 9. The molecule has 8 heteroatoms. The molecule has 0 aliphatic rings. The van der Waals surface area contributed by atoms with Crippen LogP contribution in [0.3, 0.4) is 0 Å². The Balaban J connectivity index is 2.25. The molecule has 0 aliphatic carbocycles. The van der Waals surface area contributed by atoms with Gasteiger partial charge in [-0.1, -0.05) is 12.1 Å². The number of carbonyl (C=O) groups excluding carboxylic acids is 1. The van der Waals surface area contributed by atoms with Gasteiger partial charge in [-0.2, -0.15) is 13.2 Å². The lowest BCUT2D eigenvalue weighted by molar-refractivity contribution is -0.175. The van der Waals surface area contributed by atoms with Crippen LogP contribution in [0.15, 0.2) is 24.3 Å². The SMILES string of the molecule is COCCOc1ccc(CNC(=O)COCC(F)(F)F)cc1. The van der Waals surface area contributed by atoms with Crippen molar-refractivity contribution < 1.29 is 32.2 Å². The maximum Gasteiger partial charge on any atom is 0.411 e. The highest BCUT2D eigenvalue weighted by molar-refractivity contribution is 5.77. The molecule has 1 aromatic carbocycles. The number of ether oxygens (including phenoxy) is 3. The lowest BCUT2D eigenvalue weighted by atomic mass is 10.2. The Morgan fingerprint density at radius 1 is 1.18 bits per heavy atom. The fourth-order valence-corrected chi connectivity index (χ4v) is 1.46. The number of amides is 1. The monoisotopic (exact) mass is 321 g/mol. The van der Waals surface area contributed by atoms with Crippen molar-refractivity contribution in [1.29, 1.82) is 0 Å². The summed E-state index contributed by atoms with van der Waals surface area (Å²) >= 11 is 0. The molecule has 0 unspecified atom stereocenters. The molecule has 22 heavy (non-hydrogen) atoms. The molecule has 0 heterocycles. The van der Waals surface area contributed by atoms with E-state index in [-0.39, 0.29) is 6.54 Å². The zero-order valence-electron chi connectivity index (χ0n) is 12.1. The summed E-state index contributed by atoms with van der Waals surface area (Å²) in [5, 5.41) is 2.46. The standard InChI is InChI=1S/C14H18F3NO4/c1-20-6-7-22-12-4-2-11(3-5-12)8-18-13(19)9-21-10-14(15,16)17/h2-5H,6-10H2,1H3,(H,18,19). The number of alkyl halides is 3. The summed E-state index contributed by atoms with van der Waals surface area (Å²) in [6, 6.07) is 6.96. The zero-order valence-corrected chi connectivity index (χ0v) is 12.1. The highest BCUT2D eigenvalue weighted by Crippen LogP contribution is 2.14. The maximum atomic E-state index is 11.8. The van der Waals surface area contributed by atoms with Crippen molar-refractivity contribution in [3.63, 3.8) is 0 Å². The van der Waals surface area contributed by atoms with Gasteiger partial charge in [-0.25, -0.2) is 0 Å². The van der Waals surface area contributed by atoms with Crippen LogP contribution in [0.2, 0.25) is 0 Å². The largest absolute Gasteiger partial charge is 0.491 e. The fraction of sp³-hybridized carbons (Fsp3) is 0.500. The average molecular weight is 321 g/mol. The minimum absolute atomic E-state index is 0.201. The Kier molecular flexibility index (Phi) is 7.69. The third kappa shape index (κ3) is 8.48. The highest BCUT2D eigenvalue weighted by Gasteiger charge is 2.27. The Bertz CT molecular complexity index is 448. The third-order valence-electron chi connectivity index (χ3n) is 2.47. The van der Waals surface area contributed by atoms with E-state index in [9.17, 15) is 18.0 Å². The van der Waals surface area contributed by atoms with Crippen LogP contribution in [0.5, 0.6) is 5.75 Å². The first-order chi connectivity index (χ1) is 10.4. The Labute approximate surface area is 126 Å². The first-order valence-electron chi connectivity index (χ1n) is 6.52. The molecule has 5 nitrogen and oxygen atoms in total. The second-order valence-corrected chi connectivity index (χ2v) is 4.37. The predicted octanol–water partition coefficient (Wildman–Crippen LogP) is 1.91. The van der Waals surface area contributed by atoms with Gasteiger partial charge in [0.25, 0.3) is 0 Å². The number of halogens is 3. The number of carbonyl (C=O) groups is 1. The number of hydrogen-bond donors (Lipinski definition) is 1. The van der Waals surface area contributed by atoms with Crippen molar-refractivity contribution in [2.45, 2.75) is 12.7 Å². The van der Waals surface area contributed by atoms with E-state index in [4.69, 9.17) is 9.47 Å². The van der Waals surface area contributed by atoms with E-state index >= 15 is 0 Å². The van der Waals surface area contributed by atoms with Gasteiger partial charge in [0.2, 0.25) is 5.91 Å². The van der Waals surface area contributed by atoms with E-state index in [0.717, 1.165) is 5.56 Å². The van der Waals surface area contributed by atoms with Gasteiger partial charge in [-0.3, -0.25) is 4.79 Å². The Morgan fingerprint density at radius 2 is 1.86 bits per heavy atom. The van der Waals surface area contributed by atoms with Gasteiger partial charge in [-0.15, -0.1) is 0 Å². The van der Waals surface area contributed by atoms with Crippen molar-refractivity contribution in [2.24, 2.45) is 0 Å². The zero-order chi connectivity index (χ0) is 16.4. The van der Waals surface area contributed by atoms with Crippen LogP contribution >= 0.6 is 0 Å². The van der Waals surface area contributed by atoms with Crippen LogP contribution in [-0.4, -0.2) is 45.6 Å². The molecule has 0 spiro atoms. The molecule has 1 N–H and O–H groups in total. The lowest BCUT2D eigenvalue weighted by Gasteiger charge is -2.09. The molecule has 0 aliphatic heterocycles. The van der Waals surface area contributed by atoms with Gasteiger partial charge in [0.1, 0.15) is 25.6 Å². The second kappa shape index (κ2) is 9.26. The molecule has 0 radical (unpaired) electrons. The van der Waals surface area contributed by atoms with Crippen LogP contribution in [0.25, 0.3) is 0 Å². The smallest absolute Gasteiger partial charge is 0.411 e. The minimum Gasteiger partial charge on any atom is -0.491 e. The van der Waals surface area contributed by atoms with Gasteiger partial charge in [-0.05, 0) is 17.7 Å². The molecule has 1 aromatic rings. The number of benzene rings is 1. The number of hydrogen-bond acceptors (Lipinski definition) is 4. The van der Waals surface area contributed by atoms with Gasteiger partial charge in [0, 0.05) is 13.7 Å². The molecule has 0 aromatic heterocycles. The van der Waals surface area contributed by atoms with Gasteiger partial charge in [0.05, 0.1) is 6.61 Å². The Hall–Kier alpha value is -1.80. The summed E-state index contributed by atoms with van der Waals surface area (Å²) in [5.74, 6) is 0.0605. The topological polar surface area (TPSA) is 56.8 Å². The summed E-state index contributed by atoms with van der Waals surface area (Å²) < 4.78 is 50.0. The van der Waals surface area contributed by atoms with Crippen LogP contribution in [-0.2, 0) is 20.8 Å². The first kappa shape index (κ1) is 18.2. The quantitative estimate of drug-likeness (QED) is 0.706. The normalized spacial score (nSPS) is 11.3. The minimum atomic E-state index is -4.43. The molecule has 0 saturated heterocycles. The molecule has 0 atom stereocenters. The molecular weight excluding hydrogens is 303 g/mol. The average Bonchev–Trinajstić information content (AvgIpc) is 2.45. The Morgan fingerprint density at radius 3 is 2.45 bits per heavy atom. The van der Waals surface area contributed by atoms with E-state index in [0.29, 0.717) is 19.0 Å². The summed E-state index contributed by atoms with van der Waals surface area (Å²) in [7, 11) is 1.58. The van der Waals surface area contributed by atoms with E-state index in [1.54, 1.807) is 31.4 Å². The maximum absolute atomic E-state index is 11.8. The van der Waals surface area contributed by atoms with Crippen molar-refractivity contribution >= 4 is 5.91 Å². The van der Waals surface area contributed by atoms with Crippen LogP contribution < -0.4 is 10.1 Å². The van der Waals surface area contributed by atoms with E-state index < -0.39 is 25.3 Å². The van der Waals surface area contributed by atoms with Crippen molar-refractivity contribution in [1.82, 2.24) is 5.32 Å². The van der Waals surface area contributed by atoms with E-state index in [1.807, 2.05) is 0 Å². The van der Waals surface area contributed by atoms with Crippen molar-refractivity contribution in [2.75, 3.05) is 33.5 Å². The van der Waals surface area contributed by atoms with Crippen molar-refractivity contribution in [3.8, 4) is 5.75 Å². The molecular formula is C14H18F3NO4. The third-order valence-corrected chi connectivity index (χ3v) is 2.47. The van der Waals surface area contributed by atoms with Gasteiger partial charge in [0.15, 0.2) is 0 Å². The van der Waals surface area contributed by atoms with Crippen LogP contribution in [0.4, 0.5) is 13.2 Å². The second-order valence-electron chi connectivity index (χ2n) is 4.37. The molecule has 1 rings (SSSR count). The summed E-state index contributed by atoms with van der Waals surface area (Å²) in [5.41, 5.74) is 0.795.